The van der Waals surface area contributed by atoms with E-state index < -0.39 is 18.0 Å². The monoisotopic (exact) mass is 586 g/mol. The van der Waals surface area contributed by atoms with Crippen molar-refractivity contribution >= 4 is 29.4 Å². The highest BCUT2D eigenvalue weighted by Crippen LogP contribution is 2.32. The molecular weight excluding hydrogens is 556 g/mol. The number of carbonyl (C=O) groups is 2. The molecule has 2 aromatic carbocycles. The number of ether oxygens (including phenoxy) is 3. The molecule has 5 rings (SSSR count). The summed E-state index contributed by atoms with van der Waals surface area (Å²) in [5, 5.41) is 0. The van der Waals surface area contributed by atoms with Gasteiger partial charge in [0.25, 0.3) is 5.56 Å². The van der Waals surface area contributed by atoms with E-state index in [0.717, 1.165) is 5.56 Å². The summed E-state index contributed by atoms with van der Waals surface area (Å²) < 4.78 is 23.9. The first-order chi connectivity index (χ1) is 20.2. The molecular formula is C32H30N2O7S. The highest BCUT2D eigenvalue weighted by Gasteiger charge is 2.33. The number of allylic oxidation sites excluding steroid dienone is 1. The first-order valence-corrected chi connectivity index (χ1v) is 14.3. The van der Waals surface area contributed by atoms with Crippen molar-refractivity contribution < 1.29 is 28.2 Å². The van der Waals surface area contributed by atoms with Crippen LogP contribution in [0.5, 0.6) is 5.75 Å². The smallest absolute Gasteiger partial charge is 0.338 e. The van der Waals surface area contributed by atoms with Crippen LogP contribution in [0.3, 0.4) is 0 Å². The molecule has 0 saturated carbocycles. The molecule has 0 unspecified atom stereocenters. The maximum Gasteiger partial charge on any atom is 0.338 e. The topological polar surface area (TPSA) is 109 Å². The van der Waals surface area contributed by atoms with Gasteiger partial charge in [-0.05, 0) is 69.7 Å². The molecule has 2 aromatic heterocycles. The van der Waals surface area contributed by atoms with Gasteiger partial charge in [0.15, 0.2) is 4.80 Å². The first kappa shape index (κ1) is 28.8. The minimum Gasteiger partial charge on any atom is -0.491 e. The average Bonchev–Trinajstić information content (AvgIpc) is 3.56. The van der Waals surface area contributed by atoms with Gasteiger partial charge in [0.1, 0.15) is 17.3 Å². The van der Waals surface area contributed by atoms with Crippen LogP contribution in [0.25, 0.3) is 17.4 Å². The number of rotatable bonds is 8. The van der Waals surface area contributed by atoms with Crippen molar-refractivity contribution in [3.63, 3.8) is 0 Å². The standard InChI is InChI=1S/C32H30N2O7S/c1-6-39-31(37)27-19(4)33-32-34(28(27)20-10-12-23(13-11-20)40-18(2)3)29(35)26(42-32)17-24-14-15-25(41-24)21-8-7-9-22(16-21)30(36)38-5/h7-18,28H,6H2,1-5H3/b26-17-/t28-/m0/s1. The Morgan fingerprint density at radius 3 is 2.55 bits per heavy atom. The molecule has 0 saturated heterocycles. The van der Waals surface area contributed by atoms with Crippen molar-refractivity contribution in [3.05, 3.63) is 109 Å². The summed E-state index contributed by atoms with van der Waals surface area (Å²) >= 11 is 1.21. The number of furan rings is 1. The van der Waals surface area contributed by atoms with Crippen LogP contribution in [0.15, 0.2) is 86.1 Å². The van der Waals surface area contributed by atoms with Crippen molar-refractivity contribution in [2.75, 3.05) is 13.7 Å². The molecule has 0 amide bonds. The third kappa shape index (κ3) is 5.71. The van der Waals surface area contributed by atoms with E-state index in [9.17, 15) is 14.4 Å². The number of esters is 2. The molecule has 3 heterocycles. The molecule has 0 radical (unpaired) electrons. The average molecular weight is 587 g/mol. The molecule has 0 bridgehead atoms. The van der Waals surface area contributed by atoms with Gasteiger partial charge in [0.2, 0.25) is 0 Å². The van der Waals surface area contributed by atoms with Crippen molar-refractivity contribution in [2.45, 2.75) is 39.8 Å². The lowest BCUT2D eigenvalue weighted by molar-refractivity contribution is -0.139. The van der Waals surface area contributed by atoms with Gasteiger partial charge in [0, 0.05) is 11.6 Å². The summed E-state index contributed by atoms with van der Waals surface area (Å²) in [6.45, 7) is 7.56. The lowest BCUT2D eigenvalue weighted by Crippen LogP contribution is -2.39. The van der Waals surface area contributed by atoms with E-state index in [1.54, 1.807) is 50.3 Å². The fourth-order valence-electron chi connectivity index (χ4n) is 4.74. The van der Waals surface area contributed by atoms with E-state index in [1.807, 2.05) is 44.2 Å². The van der Waals surface area contributed by atoms with Gasteiger partial charge >= 0.3 is 11.9 Å². The third-order valence-corrected chi connectivity index (χ3v) is 7.54. The normalized spacial score (nSPS) is 14.9. The van der Waals surface area contributed by atoms with Crippen LogP contribution < -0.4 is 19.6 Å². The van der Waals surface area contributed by atoms with Crippen LogP contribution in [0.4, 0.5) is 0 Å². The van der Waals surface area contributed by atoms with Gasteiger partial charge in [-0.1, -0.05) is 35.6 Å². The maximum atomic E-state index is 13.9. The molecule has 1 atom stereocenters. The van der Waals surface area contributed by atoms with Crippen LogP contribution in [0.2, 0.25) is 0 Å². The molecule has 0 N–H and O–H groups in total. The molecule has 0 fully saturated rings. The van der Waals surface area contributed by atoms with Crippen molar-refractivity contribution in [1.82, 2.24) is 4.57 Å². The Hall–Kier alpha value is -4.70. The van der Waals surface area contributed by atoms with Gasteiger partial charge in [-0.25, -0.2) is 14.6 Å². The Labute approximate surface area is 246 Å². The van der Waals surface area contributed by atoms with Gasteiger partial charge in [-0.3, -0.25) is 9.36 Å². The summed E-state index contributed by atoms with van der Waals surface area (Å²) in [5.41, 5.74) is 2.29. The van der Waals surface area contributed by atoms with E-state index in [4.69, 9.17) is 18.6 Å². The molecule has 216 valence electrons. The quantitative estimate of drug-likeness (QED) is 0.277. The van der Waals surface area contributed by atoms with E-state index in [-0.39, 0.29) is 18.3 Å². The number of thiazole rings is 1. The number of hydrogen-bond acceptors (Lipinski definition) is 9. The molecule has 1 aliphatic heterocycles. The number of carbonyl (C=O) groups excluding carboxylic acids is 2. The molecule has 42 heavy (non-hydrogen) atoms. The van der Waals surface area contributed by atoms with Crippen LogP contribution in [-0.4, -0.2) is 36.3 Å². The van der Waals surface area contributed by atoms with Crippen molar-refractivity contribution in [3.8, 4) is 17.1 Å². The summed E-state index contributed by atoms with van der Waals surface area (Å²) in [7, 11) is 1.33. The Balaban J connectivity index is 1.58. The zero-order chi connectivity index (χ0) is 30.0. The summed E-state index contributed by atoms with van der Waals surface area (Å²) in [6, 6.07) is 17.0. The molecule has 0 spiro atoms. The predicted molar refractivity (Wildman–Crippen MR) is 158 cm³/mol. The SMILES string of the molecule is CCOC(=O)C1=C(C)N=c2s/c(=C\c3ccc(-c4cccc(C(=O)OC)c4)o3)c(=O)n2[C@H]1c1ccc(OC(C)C)cc1. The maximum absolute atomic E-state index is 13.9. The lowest BCUT2D eigenvalue weighted by Gasteiger charge is -2.25. The Bertz CT molecular complexity index is 1860. The first-order valence-electron chi connectivity index (χ1n) is 13.4. The van der Waals surface area contributed by atoms with Crippen LogP contribution in [-0.2, 0) is 14.3 Å². The lowest BCUT2D eigenvalue weighted by atomic mass is 9.96. The largest absolute Gasteiger partial charge is 0.491 e. The summed E-state index contributed by atoms with van der Waals surface area (Å²) in [4.78, 5) is 44.0. The van der Waals surface area contributed by atoms with Crippen molar-refractivity contribution in [2.24, 2.45) is 4.99 Å². The van der Waals surface area contributed by atoms with Crippen LogP contribution in [0.1, 0.15) is 55.4 Å². The van der Waals surface area contributed by atoms with Gasteiger partial charge < -0.3 is 18.6 Å². The minimum absolute atomic E-state index is 0.00432. The fourth-order valence-corrected chi connectivity index (χ4v) is 5.77. The Morgan fingerprint density at radius 2 is 1.86 bits per heavy atom. The molecule has 4 aromatic rings. The molecule has 9 nitrogen and oxygen atoms in total. The van der Waals surface area contributed by atoms with E-state index in [1.165, 1.54) is 23.0 Å². The fraction of sp³-hybridized carbons (Fsp3) is 0.250. The van der Waals surface area contributed by atoms with Gasteiger partial charge in [-0.15, -0.1) is 0 Å². The zero-order valence-electron chi connectivity index (χ0n) is 23.9. The van der Waals surface area contributed by atoms with Crippen LogP contribution >= 0.6 is 11.3 Å². The number of methoxy groups -OCH3 is 1. The Kier molecular flexibility index (Phi) is 8.26. The third-order valence-electron chi connectivity index (χ3n) is 6.55. The number of benzene rings is 2. The number of aromatic nitrogens is 1. The summed E-state index contributed by atoms with van der Waals surface area (Å²) in [6.07, 6.45) is 1.65. The number of nitrogens with zero attached hydrogens (tertiary/aromatic N) is 2. The Morgan fingerprint density at radius 1 is 1.10 bits per heavy atom. The zero-order valence-corrected chi connectivity index (χ0v) is 24.7. The van der Waals surface area contributed by atoms with Gasteiger partial charge in [-0.2, -0.15) is 0 Å². The van der Waals surface area contributed by atoms with E-state index >= 15 is 0 Å². The summed E-state index contributed by atoms with van der Waals surface area (Å²) in [5.74, 6) is 0.697. The predicted octanol–water partition coefficient (Wildman–Crippen LogP) is 4.63. The number of hydrogen-bond donors (Lipinski definition) is 0. The van der Waals surface area contributed by atoms with Crippen LogP contribution in [0, 0.1) is 0 Å². The second-order valence-corrected chi connectivity index (χ2v) is 10.8. The van der Waals surface area contributed by atoms with Crippen molar-refractivity contribution in [1.29, 1.82) is 0 Å². The minimum atomic E-state index is -0.733. The van der Waals surface area contributed by atoms with E-state index in [2.05, 4.69) is 4.99 Å². The van der Waals surface area contributed by atoms with Gasteiger partial charge in [0.05, 0.1) is 47.2 Å². The highest BCUT2D eigenvalue weighted by atomic mass is 32.1. The molecule has 1 aliphatic rings. The second kappa shape index (κ2) is 12.0. The molecule has 0 aliphatic carbocycles. The number of fused-ring (bicyclic) bond motifs is 1. The second-order valence-electron chi connectivity index (χ2n) is 9.81. The van der Waals surface area contributed by atoms with E-state index in [0.29, 0.717) is 49.0 Å². The highest BCUT2D eigenvalue weighted by molar-refractivity contribution is 7.07. The molecule has 10 heteroatoms.